The summed E-state index contributed by atoms with van der Waals surface area (Å²) in [5.41, 5.74) is 0.981. The molecule has 1 fully saturated rings. The van der Waals surface area contributed by atoms with Crippen LogP contribution in [0.2, 0.25) is 0 Å². The minimum atomic E-state index is -3.56. The van der Waals surface area contributed by atoms with Crippen molar-refractivity contribution in [2.75, 3.05) is 34.0 Å². The Balaban J connectivity index is 2.41. The molecular weight excluding hydrogens is 280 g/mol. The van der Waals surface area contributed by atoms with E-state index in [0.29, 0.717) is 24.3 Å². The molecular formula is C13H18N2O4S. The van der Waals surface area contributed by atoms with Crippen LogP contribution in [0.4, 0.5) is 0 Å². The van der Waals surface area contributed by atoms with E-state index < -0.39 is 10.0 Å². The normalized spacial score (nSPS) is 15.9. The summed E-state index contributed by atoms with van der Waals surface area (Å²) in [6.45, 7) is 3.01. The van der Waals surface area contributed by atoms with Crippen LogP contribution < -0.4 is 0 Å². The molecule has 0 unspecified atom stereocenters. The Morgan fingerprint density at radius 2 is 2.05 bits per heavy atom. The van der Waals surface area contributed by atoms with E-state index in [1.165, 1.54) is 20.2 Å². The number of carbonyl (C=O) groups excluding carboxylic acids is 1. The molecule has 1 aliphatic heterocycles. The van der Waals surface area contributed by atoms with Gasteiger partial charge < -0.3 is 9.64 Å². The van der Waals surface area contributed by atoms with E-state index in [1.54, 1.807) is 24.0 Å². The van der Waals surface area contributed by atoms with Gasteiger partial charge in [0.15, 0.2) is 0 Å². The third-order valence-electron chi connectivity index (χ3n) is 3.23. The fraction of sp³-hybridized carbons (Fsp3) is 0.462. The third-order valence-corrected chi connectivity index (χ3v) is 5.19. The SMILES string of the molecule is Cc1ccc(C(=O)N2CCOC2)cc1S(=O)(=O)N(C)C. The lowest BCUT2D eigenvalue weighted by Gasteiger charge is -2.17. The summed E-state index contributed by atoms with van der Waals surface area (Å²) in [4.78, 5) is 14.0. The molecule has 7 heteroatoms. The zero-order chi connectivity index (χ0) is 14.9. The van der Waals surface area contributed by atoms with E-state index in [0.717, 1.165) is 4.31 Å². The van der Waals surface area contributed by atoms with Gasteiger partial charge in [-0.15, -0.1) is 0 Å². The molecule has 0 aromatic heterocycles. The zero-order valence-electron chi connectivity index (χ0n) is 11.8. The maximum atomic E-state index is 12.2. The number of nitrogens with zero attached hydrogens (tertiary/aromatic N) is 2. The van der Waals surface area contributed by atoms with Crippen molar-refractivity contribution in [1.82, 2.24) is 9.21 Å². The highest BCUT2D eigenvalue weighted by Gasteiger charge is 2.24. The molecule has 1 heterocycles. The molecule has 0 N–H and O–H groups in total. The van der Waals surface area contributed by atoms with Crippen molar-refractivity contribution in [1.29, 1.82) is 0 Å². The van der Waals surface area contributed by atoms with Crippen LogP contribution in [0, 0.1) is 6.92 Å². The molecule has 0 atom stereocenters. The van der Waals surface area contributed by atoms with Gasteiger partial charge in [0.05, 0.1) is 11.5 Å². The minimum absolute atomic E-state index is 0.161. The highest BCUT2D eigenvalue weighted by atomic mass is 32.2. The van der Waals surface area contributed by atoms with Crippen molar-refractivity contribution < 1.29 is 17.9 Å². The van der Waals surface area contributed by atoms with Gasteiger partial charge in [-0.25, -0.2) is 12.7 Å². The van der Waals surface area contributed by atoms with Gasteiger partial charge in [-0.2, -0.15) is 0 Å². The van der Waals surface area contributed by atoms with E-state index >= 15 is 0 Å². The molecule has 20 heavy (non-hydrogen) atoms. The molecule has 2 rings (SSSR count). The highest BCUT2D eigenvalue weighted by Crippen LogP contribution is 2.21. The maximum Gasteiger partial charge on any atom is 0.255 e. The second-order valence-corrected chi connectivity index (χ2v) is 6.99. The molecule has 0 radical (unpaired) electrons. The number of hydrogen-bond acceptors (Lipinski definition) is 4. The molecule has 110 valence electrons. The molecule has 1 aromatic rings. The smallest absolute Gasteiger partial charge is 0.255 e. The molecule has 0 spiro atoms. The van der Waals surface area contributed by atoms with Crippen LogP contribution in [0.25, 0.3) is 0 Å². The first-order chi connectivity index (χ1) is 9.34. The fourth-order valence-corrected chi connectivity index (χ4v) is 3.11. The largest absolute Gasteiger partial charge is 0.359 e. The van der Waals surface area contributed by atoms with Crippen molar-refractivity contribution in [3.05, 3.63) is 29.3 Å². The van der Waals surface area contributed by atoms with Gasteiger partial charge in [0, 0.05) is 26.2 Å². The lowest BCUT2D eigenvalue weighted by molar-refractivity contribution is 0.0694. The number of hydrogen-bond donors (Lipinski definition) is 0. The van der Waals surface area contributed by atoms with E-state index in [2.05, 4.69) is 0 Å². The number of sulfonamides is 1. The topological polar surface area (TPSA) is 66.9 Å². The van der Waals surface area contributed by atoms with Crippen LogP contribution in [-0.2, 0) is 14.8 Å². The van der Waals surface area contributed by atoms with Crippen LogP contribution in [0.15, 0.2) is 23.1 Å². The number of carbonyl (C=O) groups is 1. The van der Waals surface area contributed by atoms with E-state index in [1.807, 2.05) is 0 Å². The Bertz CT molecular complexity index is 619. The van der Waals surface area contributed by atoms with E-state index in [4.69, 9.17) is 4.74 Å². The standard InChI is InChI=1S/C13H18N2O4S/c1-10-4-5-11(13(16)15-6-7-19-9-15)8-12(10)20(17,18)14(2)3/h4-5,8H,6-7,9H2,1-3H3. The Morgan fingerprint density at radius 3 is 2.60 bits per heavy atom. The van der Waals surface area contributed by atoms with Crippen LogP contribution in [0.1, 0.15) is 15.9 Å². The van der Waals surface area contributed by atoms with Gasteiger partial charge >= 0.3 is 0 Å². The number of aryl methyl sites for hydroxylation is 1. The maximum absolute atomic E-state index is 12.2. The summed E-state index contributed by atoms with van der Waals surface area (Å²) < 4.78 is 30.7. The van der Waals surface area contributed by atoms with Crippen LogP contribution >= 0.6 is 0 Å². The highest BCUT2D eigenvalue weighted by molar-refractivity contribution is 7.89. The van der Waals surface area contributed by atoms with Crippen molar-refractivity contribution >= 4 is 15.9 Å². The predicted molar refractivity (Wildman–Crippen MR) is 73.9 cm³/mol. The van der Waals surface area contributed by atoms with Crippen molar-refractivity contribution in [2.24, 2.45) is 0 Å². The number of rotatable bonds is 3. The first-order valence-electron chi connectivity index (χ1n) is 6.24. The molecule has 1 amide bonds. The first kappa shape index (κ1) is 15.0. The summed E-state index contributed by atoms with van der Waals surface area (Å²) in [7, 11) is -0.616. The fourth-order valence-electron chi connectivity index (χ4n) is 1.96. The van der Waals surface area contributed by atoms with Gasteiger partial charge in [0.25, 0.3) is 5.91 Å². The van der Waals surface area contributed by atoms with Gasteiger partial charge in [-0.3, -0.25) is 4.79 Å². The third kappa shape index (κ3) is 2.70. The molecule has 1 aliphatic rings. The summed E-state index contributed by atoms with van der Waals surface area (Å²) >= 11 is 0. The van der Waals surface area contributed by atoms with Crippen LogP contribution in [-0.4, -0.2) is 57.5 Å². The van der Waals surface area contributed by atoms with Gasteiger partial charge in [-0.05, 0) is 24.6 Å². The summed E-state index contributed by atoms with van der Waals surface area (Å²) in [5, 5.41) is 0. The van der Waals surface area contributed by atoms with Crippen LogP contribution in [0.3, 0.4) is 0 Å². The number of amides is 1. The lowest BCUT2D eigenvalue weighted by atomic mass is 10.1. The Kier molecular flexibility index (Phi) is 4.12. The van der Waals surface area contributed by atoms with Crippen LogP contribution in [0.5, 0.6) is 0 Å². The quantitative estimate of drug-likeness (QED) is 0.823. The summed E-state index contributed by atoms with van der Waals surface area (Å²) in [6.07, 6.45) is 0. The number of ether oxygens (including phenoxy) is 1. The first-order valence-corrected chi connectivity index (χ1v) is 7.68. The average Bonchev–Trinajstić information content (AvgIpc) is 2.91. The van der Waals surface area contributed by atoms with Crippen molar-refractivity contribution in [2.45, 2.75) is 11.8 Å². The predicted octanol–water partition coefficient (Wildman–Crippen LogP) is 0.675. The lowest BCUT2D eigenvalue weighted by Crippen LogP contribution is -2.29. The average molecular weight is 298 g/mol. The molecule has 0 saturated carbocycles. The number of benzene rings is 1. The molecule has 0 aliphatic carbocycles. The zero-order valence-corrected chi connectivity index (χ0v) is 12.6. The summed E-state index contributed by atoms with van der Waals surface area (Å²) in [6, 6.07) is 4.73. The van der Waals surface area contributed by atoms with Gasteiger partial charge in [0.1, 0.15) is 6.73 Å². The molecule has 1 saturated heterocycles. The monoisotopic (exact) mass is 298 g/mol. The van der Waals surface area contributed by atoms with E-state index in [-0.39, 0.29) is 17.5 Å². The Morgan fingerprint density at radius 1 is 1.35 bits per heavy atom. The Hall–Kier alpha value is -1.44. The summed E-state index contributed by atoms with van der Waals surface area (Å²) in [5.74, 6) is -0.210. The molecule has 6 nitrogen and oxygen atoms in total. The Labute approximate surface area is 119 Å². The van der Waals surface area contributed by atoms with Crippen molar-refractivity contribution in [3.8, 4) is 0 Å². The molecule has 1 aromatic carbocycles. The second-order valence-electron chi connectivity index (χ2n) is 4.87. The second kappa shape index (κ2) is 5.51. The van der Waals surface area contributed by atoms with E-state index in [9.17, 15) is 13.2 Å². The minimum Gasteiger partial charge on any atom is -0.359 e. The molecule has 0 bridgehead atoms. The van der Waals surface area contributed by atoms with Gasteiger partial charge in [0.2, 0.25) is 10.0 Å². The van der Waals surface area contributed by atoms with Gasteiger partial charge in [-0.1, -0.05) is 6.07 Å². The van der Waals surface area contributed by atoms with Crippen molar-refractivity contribution in [3.63, 3.8) is 0 Å².